The van der Waals surface area contributed by atoms with E-state index in [4.69, 9.17) is 4.74 Å². The number of rotatable bonds is 1. The van der Waals surface area contributed by atoms with Crippen molar-refractivity contribution in [2.45, 2.75) is 46.3 Å². The average molecular weight is 393 g/mol. The van der Waals surface area contributed by atoms with Crippen LogP contribution >= 0.6 is 15.9 Å². The molecule has 1 atom stereocenters. The number of nitrogens with zero attached hydrogens (tertiary/aromatic N) is 4. The Kier molecular flexibility index (Phi) is 4.15. The van der Waals surface area contributed by atoms with Gasteiger partial charge in [-0.1, -0.05) is 15.9 Å². The van der Waals surface area contributed by atoms with Gasteiger partial charge in [-0.25, -0.2) is 9.67 Å². The third-order valence-electron chi connectivity index (χ3n) is 3.91. The summed E-state index contributed by atoms with van der Waals surface area (Å²) in [4.78, 5) is 18.9. The first-order valence-corrected chi connectivity index (χ1v) is 8.67. The van der Waals surface area contributed by atoms with Gasteiger partial charge in [0.25, 0.3) is 5.91 Å². The van der Waals surface area contributed by atoms with Gasteiger partial charge in [0.05, 0.1) is 17.8 Å². The van der Waals surface area contributed by atoms with Crippen LogP contribution in [0.5, 0.6) is 5.75 Å². The molecule has 128 valence electrons. The Labute approximate surface area is 149 Å². The van der Waals surface area contributed by atoms with E-state index in [1.165, 1.54) is 0 Å². The Morgan fingerprint density at radius 3 is 2.71 bits per heavy atom. The van der Waals surface area contributed by atoms with E-state index in [0.717, 1.165) is 15.7 Å². The highest BCUT2D eigenvalue weighted by Gasteiger charge is 2.31. The van der Waals surface area contributed by atoms with Crippen LogP contribution in [-0.4, -0.2) is 33.3 Å². The Hall–Kier alpha value is -1.89. The number of fused-ring (bicyclic) bond motifs is 1. The third-order valence-corrected chi connectivity index (χ3v) is 4.77. The first kappa shape index (κ1) is 17.0. The van der Waals surface area contributed by atoms with Gasteiger partial charge in [-0.15, -0.1) is 5.10 Å². The summed E-state index contributed by atoms with van der Waals surface area (Å²) >= 11 is 3.52. The number of carbonyl (C=O) groups excluding carboxylic acids is 1. The molecule has 0 radical (unpaired) electrons. The molecule has 7 heteroatoms. The zero-order valence-corrected chi connectivity index (χ0v) is 16.1. The van der Waals surface area contributed by atoms with Crippen LogP contribution in [-0.2, 0) is 5.54 Å². The predicted molar refractivity (Wildman–Crippen MR) is 95.7 cm³/mol. The molecule has 0 saturated carbocycles. The van der Waals surface area contributed by atoms with Crippen molar-refractivity contribution in [3.05, 3.63) is 34.3 Å². The molecule has 1 aliphatic heterocycles. The van der Waals surface area contributed by atoms with E-state index < -0.39 is 0 Å². The largest absolute Gasteiger partial charge is 0.487 e. The maximum Gasteiger partial charge on any atom is 0.298 e. The van der Waals surface area contributed by atoms with E-state index >= 15 is 0 Å². The number of carbonyl (C=O) groups is 1. The van der Waals surface area contributed by atoms with Gasteiger partial charge >= 0.3 is 0 Å². The SMILES string of the molecule is Cc1cc2c(cc1Br)N(C(=O)c1ncn(C(C)(C)C)n1)CC(C)O2. The number of benzene rings is 1. The first-order valence-electron chi connectivity index (χ1n) is 7.87. The van der Waals surface area contributed by atoms with Crippen LogP contribution in [0, 0.1) is 6.92 Å². The minimum Gasteiger partial charge on any atom is -0.487 e. The van der Waals surface area contributed by atoms with Gasteiger partial charge in [-0.2, -0.15) is 0 Å². The molecular weight excluding hydrogens is 372 g/mol. The van der Waals surface area contributed by atoms with Gasteiger partial charge in [0.1, 0.15) is 18.2 Å². The Morgan fingerprint density at radius 2 is 2.08 bits per heavy atom. The average Bonchev–Trinajstić information content (AvgIpc) is 2.97. The van der Waals surface area contributed by atoms with Crippen molar-refractivity contribution in [3.63, 3.8) is 0 Å². The van der Waals surface area contributed by atoms with E-state index in [1.54, 1.807) is 15.9 Å². The fourth-order valence-corrected chi connectivity index (χ4v) is 2.89. The summed E-state index contributed by atoms with van der Waals surface area (Å²) in [6.07, 6.45) is 1.51. The molecule has 0 spiro atoms. The lowest BCUT2D eigenvalue weighted by atomic mass is 10.1. The molecule has 1 aliphatic rings. The maximum absolute atomic E-state index is 13.0. The second kappa shape index (κ2) is 5.88. The van der Waals surface area contributed by atoms with E-state index in [-0.39, 0.29) is 23.4 Å². The number of hydrogen-bond donors (Lipinski definition) is 0. The van der Waals surface area contributed by atoms with Crippen LogP contribution in [0.25, 0.3) is 0 Å². The summed E-state index contributed by atoms with van der Waals surface area (Å²) in [5.74, 6) is 0.685. The topological polar surface area (TPSA) is 60.2 Å². The van der Waals surface area contributed by atoms with Crippen LogP contribution in [0.4, 0.5) is 5.69 Å². The summed E-state index contributed by atoms with van der Waals surface area (Å²) < 4.78 is 8.52. The molecule has 2 heterocycles. The Morgan fingerprint density at radius 1 is 1.38 bits per heavy atom. The highest BCUT2D eigenvalue weighted by atomic mass is 79.9. The molecule has 0 N–H and O–H groups in total. The number of ether oxygens (including phenoxy) is 1. The van der Waals surface area contributed by atoms with Crippen molar-refractivity contribution >= 4 is 27.5 Å². The van der Waals surface area contributed by atoms with E-state index in [9.17, 15) is 4.79 Å². The highest BCUT2D eigenvalue weighted by molar-refractivity contribution is 9.10. The second-order valence-corrected chi connectivity index (χ2v) is 7.95. The normalized spacial score (nSPS) is 17.4. The number of hydrogen-bond acceptors (Lipinski definition) is 4. The van der Waals surface area contributed by atoms with Crippen LogP contribution in [0.15, 0.2) is 22.9 Å². The Bertz CT molecular complexity index is 794. The molecule has 0 saturated heterocycles. The number of amides is 1. The van der Waals surface area contributed by atoms with Crippen molar-refractivity contribution in [2.24, 2.45) is 0 Å². The molecule has 24 heavy (non-hydrogen) atoms. The highest BCUT2D eigenvalue weighted by Crippen LogP contribution is 2.38. The second-order valence-electron chi connectivity index (χ2n) is 7.10. The third kappa shape index (κ3) is 3.05. The number of halogens is 1. The zero-order valence-electron chi connectivity index (χ0n) is 14.5. The summed E-state index contributed by atoms with van der Waals surface area (Å²) in [6.45, 7) is 10.4. The zero-order chi connectivity index (χ0) is 17.6. The van der Waals surface area contributed by atoms with Crippen molar-refractivity contribution < 1.29 is 9.53 Å². The summed E-state index contributed by atoms with van der Waals surface area (Å²) in [6, 6.07) is 3.85. The van der Waals surface area contributed by atoms with E-state index in [1.807, 2.05) is 46.8 Å². The van der Waals surface area contributed by atoms with Crippen LogP contribution < -0.4 is 9.64 Å². The molecule has 1 unspecified atom stereocenters. The Balaban J connectivity index is 1.99. The molecule has 2 aromatic rings. The molecule has 0 aliphatic carbocycles. The molecule has 6 nitrogen and oxygen atoms in total. The lowest BCUT2D eigenvalue weighted by molar-refractivity contribution is 0.0950. The molecule has 1 amide bonds. The quantitative estimate of drug-likeness (QED) is 0.744. The lowest BCUT2D eigenvalue weighted by Crippen LogP contribution is -2.43. The molecule has 3 rings (SSSR count). The first-order chi connectivity index (χ1) is 11.2. The van der Waals surface area contributed by atoms with Crippen molar-refractivity contribution in [2.75, 3.05) is 11.4 Å². The van der Waals surface area contributed by atoms with Gasteiger partial charge in [0, 0.05) is 4.47 Å². The van der Waals surface area contributed by atoms with Crippen LogP contribution in [0.2, 0.25) is 0 Å². The monoisotopic (exact) mass is 392 g/mol. The van der Waals surface area contributed by atoms with E-state index in [2.05, 4.69) is 26.0 Å². The predicted octanol–water partition coefficient (Wildman–Crippen LogP) is 3.53. The van der Waals surface area contributed by atoms with Gasteiger partial charge < -0.3 is 4.74 Å². The number of anilines is 1. The van der Waals surface area contributed by atoms with Gasteiger partial charge in [0.2, 0.25) is 5.82 Å². The minimum absolute atomic E-state index is 0.0910. The van der Waals surface area contributed by atoms with Crippen molar-refractivity contribution in [1.82, 2.24) is 14.8 Å². The fraction of sp³-hybridized carbons (Fsp3) is 0.471. The van der Waals surface area contributed by atoms with Gasteiger partial charge in [0.15, 0.2) is 0 Å². The standard InChI is InChI=1S/C17H21BrN4O2/c1-10-6-14-13(7-12(10)18)21(8-11(2)24-14)16(23)15-19-9-22(20-15)17(3,4)5/h6-7,9,11H,8H2,1-5H3. The summed E-state index contributed by atoms with van der Waals surface area (Å²) in [7, 11) is 0. The van der Waals surface area contributed by atoms with Gasteiger partial charge in [-0.3, -0.25) is 9.69 Å². The number of aromatic nitrogens is 3. The lowest BCUT2D eigenvalue weighted by Gasteiger charge is -2.33. The van der Waals surface area contributed by atoms with Crippen molar-refractivity contribution in [1.29, 1.82) is 0 Å². The van der Waals surface area contributed by atoms with Gasteiger partial charge in [-0.05, 0) is 52.3 Å². The van der Waals surface area contributed by atoms with Crippen LogP contribution in [0.3, 0.4) is 0 Å². The summed E-state index contributed by atoms with van der Waals surface area (Å²) in [5.41, 5.74) is 1.58. The summed E-state index contributed by atoms with van der Waals surface area (Å²) in [5, 5.41) is 4.36. The molecule has 1 aromatic heterocycles. The fourth-order valence-electron chi connectivity index (χ4n) is 2.56. The van der Waals surface area contributed by atoms with Crippen LogP contribution in [0.1, 0.15) is 43.9 Å². The maximum atomic E-state index is 13.0. The van der Waals surface area contributed by atoms with E-state index in [0.29, 0.717) is 12.3 Å². The number of aryl methyl sites for hydroxylation is 1. The smallest absolute Gasteiger partial charge is 0.298 e. The molecule has 0 bridgehead atoms. The molecule has 0 fully saturated rings. The minimum atomic E-state index is -0.220. The van der Waals surface area contributed by atoms with Crippen molar-refractivity contribution in [3.8, 4) is 5.75 Å². The molecule has 1 aromatic carbocycles. The molecular formula is C17H21BrN4O2.